The van der Waals surface area contributed by atoms with Crippen LogP contribution in [0.4, 0.5) is 10.5 Å². The average Bonchev–Trinajstić information content (AvgIpc) is 2.96. The molecule has 2 aliphatic rings. The molecular weight excluding hydrogens is 560 g/mol. The highest BCUT2D eigenvalue weighted by Gasteiger charge is 2.68. The van der Waals surface area contributed by atoms with Crippen LogP contribution in [0.5, 0.6) is 0 Å². The van der Waals surface area contributed by atoms with Gasteiger partial charge in [0.15, 0.2) is 5.70 Å². The minimum Gasteiger partial charge on any atom is -0.604 e. The number of ether oxygens (including phenoxy) is 4. The van der Waals surface area contributed by atoms with Crippen LogP contribution in [0.3, 0.4) is 0 Å². The molecule has 0 spiro atoms. The van der Waals surface area contributed by atoms with Crippen LogP contribution in [0.2, 0.25) is 0 Å². The van der Waals surface area contributed by atoms with Crippen molar-refractivity contribution in [1.29, 1.82) is 0 Å². The first kappa shape index (κ1) is 29.3. The maximum Gasteiger partial charge on any atom is 0.529 e. The van der Waals surface area contributed by atoms with Gasteiger partial charge in [0.05, 0.1) is 11.5 Å². The fraction of sp³-hybridized carbons (Fsp3) is 0.308. The maximum atomic E-state index is 13.3. The average molecular weight is 585 g/mol. The Balaban J connectivity index is 1.48. The molecule has 14 nitrogen and oxygen atoms in total. The lowest BCUT2D eigenvalue weighted by Crippen LogP contribution is -2.70. The number of fused-ring (bicyclic) bond motifs is 1. The topological polar surface area (TPSA) is 194 Å². The number of amides is 1. The highest BCUT2D eigenvalue weighted by atomic mass is 32.2. The molecule has 0 aliphatic carbocycles. The highest BCUT2D eigenvalue weighted by Crippen LogP contribution is 2.43. The van der Waals surface area contributed by atoms with Crippen molar-refractivity contribution in [3.8, 4) is 0 Å². The van der Waals surface area contributed by atoms with E-state index in [0.717, 1.165) is 4.90 Å². The number of nitro groups is 1. The molecule has 2 heterocycles. The second-order valence-corrected chi connectivity index (χ2v) is 10.2. The van der Waals surface area contributed by atoms with Gasteiger partial charge in [0, 0.05) is 12.1 Å². The Morgan fingerprint density at radius 3 is 2.34 bits per heavy atom. The van der Waals surface area contributed by atoms with Crippen molar-refractivity contribution in [1.82, 2.24) is 4.90 Å². The minimum absolute atomic E-state index is 0.00272. The summed E-state index contributed by atoms with van der Waals surface area (Å²) in [5.74, 6) is -3.20. The van der Waals surface area contributed by atoms with Crippen molar-refractivity contribution in [2.24, 2.45) is 5.92 Å². The van der Waals surface area contributed by atoms with Gasteiger partial charge in [0.25, 0.3) is 11.4 Å². The quantitative estimate of drug-likeness (QED) is 0.0762. The fourth-order valence-corrected chi connectivity index (χ4v) is 5.91. The molecule has 0 saturated carbocycles. The van der Waals surface area contributed by atoms with Crippen molar-refractivity contribution >= 4 is 39.9 Å². The fourth-order valence-electron chi connectivity index (χ4n) is 4.26. The van der Waals surface area contributed by atoms with Crippen molar-refractivity contribution in [2.75, 3.05) is 6.61 Å². The van der Waals surface area contributed by atoms with Gasteiger partial charge in [-0.15, -0.1) is 4.79 Å². The van der Waals surface area contributed by atoms with Gasteiger partial charge in [-0.05, 0) is 37.1 Å². The highest BCUT2D eigenvalue weighted by molar-refractivity contribution is 8.07. The molecule has 0 N–H and O–H groups in total. The number of non-ortho nitro benzene ring substituents is 1. The predicted molar refractivity (Wildman–Crippen MR) is 140 cm³/mol. The number of rotatable bonds is 10. The van der Waals surface area contributed by atoms with Gasteiger partial charge in [0.2, 0.25) is 11.3 Å². The van der Waals surface area contributed by atoms with E-state index in [4.69, 9.17) is 18.9 Å². The number of nitrogens with zero attached hydrogens (tertiary/aromatic N) is 4. The van der Waals surface area contributed by atoms with E-state index in [1.54, 1.807) is 37.3 Å². The number of hydrogen-bond donors (Lipinski definition) is 0. The molecule has 2 aromatic rings. The minimum atomic E-state index is -2.17. The summed E-state index contributed by atoms with van der Waals surface area (Å²) in [7, 11) is 0. The number of β-lactam (4-membered cyclic amide) rings is 1. The molecule has 1 fully saturated rings. The molecule has 1 saturated heterocycles. The van der Waals surface area contributed by atoms with Gasteiger partial charge in [-0.2, -0.15) is 0 Å². The van der Waals surface area contributed by atoms with Crippen molar-refractivity contribution in [2.45, 2.75) is 38.5 Å². The SMILES string of the molecule is CCOC1=C(C(=O)OCc2ccccc2)N2C(=O)[C@H](C(C)OC(=O)OCc3ccc([N+](=O)[O-])cc3)[C@@H]2[S@@+]([O-])C1=[N+]=[N-]. The normalized spacial score (nSPS) is 20.3. The van der Waals surface area contributed by atoms with Gasteiger partial charge in [-0.1, -0.05) is 30.3 Å². The third kappa shape index (κ3) is 6.06. The molecule has 2 aliphatic heterocycles. The number of carbonyl (C=O) groups excluding carboxylic acids is 3. The van der Waals surface area contributed by atoms with E-state index < -0.39 is 56.6 Å². The third-order valence-electron chi connectivity index (χ3n) is 6.22. The predicted octanol–water partition coefficient (Wildman–Crippen LogP) is 2.80. The van der Waals surface area contributed by atoms with Crippen LogP contribution in [-0.2, 0) is 52.9 Å². The lowest BCUT2D eigenvalue weighted by atomic mass is 9.91. The Kier molecular flexibility index (Phi) is 9.02. The molecule has 0 aromatic heterocycles. The molecule has 1 unspecified atom stereocenters. The van der Waals surface area contributed by atoms with E-state index in [1.165, 1.54) is 31.2 Å². The first-order valence-corrected chi connectivity index (χ1v) is 13.5. The monoisotopic (exact) mass is 584 g/mol. The Morgan fingerprint density at radius 1 is 1.10 bits per heavy atom. The zero-order valence-electron chi connectivity index (χ0n) is 21.8. The van der Waals surface area contributed by atoms with Crippen LogP contribution in [0.1, 0.15) is 25.0 Å². The molecule has 0 bridgehead atoms. The summed E-state index contributed by atoms with van der Waals surface area (Å²) >= 11 is -2.17. The zero-order valence-corrected chi connectivity index (χ0v) is 22.6. The first-order valence-electron chi connectivity index (χ1n) is 12.3. The molecule has 15 heteroatoms. The number of nitro benzene ring substituents is 1. The van der Waals surface area contributed by atoms with Crippen LogP contribution in [0.25, 0.3) is 5.53 Å². The Hall–Kier alpha value is -4.72. The van der Waals surface area contributed by atoms with E-state index in [0.29, 0.717) is 11.1 Å². The van der Waals surface area contributed by atoms with E-state index >= 15 is 0 Å². The number of esters is 1. The largest absolute Gasteiger partial charge is 0.604 e. The standard InChI is InChI=1S/C26H24N4O10S/c1-3-37-21-20(25(32)38-13-16-7-5-4-6-8-16)29-23(31)19(24(29)41(36)22(21)28-27)15(2)40-26(33)39-14-17-9-11-18(12-10-17)30(34)35/h4-12,15,19,24H,3,13-14H2,1-2H3/t15?,19-,24-,41-/m0/s1. The van der Waals surface area contributed by atoms with Gasteiger partial charge in [0.1, 0.15) is 36.4 Å². The molecule has 214 valence electrons. The van der Waals surface area contributed by atoms with E-state index in [2.05, 4.69) is 4.79 Å². The van der Waals surface area contributed by atoms with Crippen LogP contribution in [0, 0.1) is 16.0 Å². The molecule has 0 radical (unpaired) electrons. The van der Waals surface area contributed by atoms with Gasteiger partial charge in [-0.3, -0.25) is 19.8 Å². The summed E-state index contributed by atoms with van der Waals surface area (Å²) in [5.41, 5.74) is 10.3. The Morgan fingerprint density at radius 2 is 1.73 bits per heavy atom. The second-order valence-electron chi connectivity index (χ2n) is 8.78. The number of carbonyl (C=O) groups is 3. The zero-order chi connectivity index (χ0) is 29.7. The second kappa shape index (κ2) is 12.6. The Labute approximate surface area is 236 Å². The van der Waals surface area contributed by atoms with Crippen molar-refractivity contribution < 1.29 is 47.6 Å². The van der Waals surface area contributed by atoms with E-state index in [1.807, 2.05) is 0 Å². The molecule has 2 aromatic carbocycles. The summed E-state index contributed by atoms with van der Waals surface area (Å²) in [4.78, 5) is 53.0. The van der Waals surface area contributed by atoms with E-state index in [-0.39, 0.29) is 37.0 Å². The smallest absolute Gasteiger partial charge is 0.529 e. The molecule has 41 heavy (non-hydrogen) atoms. The summed E-state index contributed by atoms with van der Waals surface area (Å²) in [6.45, 7) is 2.58. The lowest BCUT2D eigenvalue weighted by Gasteiger charge is -2.47. The van der Waals surface area contributed by atoms with Crippen LogP contribution < -0.4 is 0 Å². The van der Waals surface area contributed by atoms with Crippen LogP contribution in [0.15, 0.2) is 66.1 Å². The van der Waals surface area contributed by atoms with Gasteiger partial charge >= 0.3 is 17.2 Å². The molecule has 4 rings (SSSR count). The van der Waals surface area contributed by atoms with Crippen molar-refractivity contribution in [3.05, 3.63) is 92.8 Å². The Bertz CT molecular complexity index is 1430. The van der Waals surface area contributed by atoms with Crippen LogP contribution in [-0.4, -0.2) is 60.3 Å². The summed E-state index contributed by atoms with van der Waals surface area (Å²) in [6.07, 6.45) is -2.31. The van der Waals surface area contributed by atoms with Gasteiger partial charge < -0.3 is 29.0 Å². The molecular formula is C26H24N4O10S. The first-order chi connectivity index (χ1) is 19.7. The summed E-state index contributed by atoms with van der Waals surface area (Å²) < 4.78 is 34.4. The van der Waals surface area contributed by atoms with Crippen molar-refractivity contribution in [3.63, 3.8) is 0 Å². The third-order valence-corrected chi connectivity index (χ3v) is 7.81. The number of hydrogen-bond acceptors (Lipinski definition) is 10. The summed E-state index contributed by atoms with van der Waals surface area (Å²) in [6, 6.07) is 14.1. The van der Waals surface area contributed by atoms with Gasteiger partial charge in [-0.25, -0.2) is 9.59 Å². The molecule has 4 atom stereocenters. The lowest BCUT2D eigenvalue weighted by molar-refractivity contribution is -0.384. The van der Waals surface area contributed by atoms with E-state index in [9.17, 15) is 34.6 Å². The number of benzene rings is 2. The maximum absolute atomic E-state index is 13.3. The van der Waals surface area contributed by atoms with Crippen LogP contribution >= 0.6 is 0 Å². The molecule has 1 amide bonds. The summed E-state index contributed by atoms with van der Waals surface area (Å²) in [5, 5.41) is 9.08.